The number of halogens is 2. The number of carboxylic acid groups (broad SMARTS) is 1. The van der Waals surface area contributed by atoms with Gasteiger partial charge in [-0.25, -0.2) is 4.79 Å². The van der Waals surface area contributed by atoms with Crippen molar-refractivity contribution in [2.24, 2.45) is 28.8 Å². The molecule has 1 heterocycles. The van der Waals surface area contributed by atoms with Crippen molar-refractivity contribution in [1.29, 1.82) is 0 Å². The second-order valence-electron chi connectivity index (χ2n) is 8.65. The van der Waals surface area contributed by atoms with Crippen LogP contribution in [-0.2, 0) is 16.2 Å². The van der Waals surface area contributed by atoms with Crippen LogP contribution in [0.1, 0.15) is 27.9 Å². The topological polar surface area (TPSA) is 106 Å². The molecule has 0 spiro atoms. The molecule has 0 unspecified atom stereocenters. The molecule has 1 aliphatic heterocycles. The van der Waals surface area contributed by atoms with E-state index in [1.165, 1.54) is 25.5 Å². The Bertz CT molecular complexity index is 1280. The third-order valence-electron chi connectivity index (χ3n) is 6.69. The summed E-state index contributed by atoms with van der Waals surface area (Å²) >= 11 is 9.98. The molecule has 180 valence electrons. The number of aromatic carboxylic acids is 1. The Labute approximate surface area is 214 Å². The number of carbonyl (C=O) groups excluding carboxylic acids is 2. The number of hydrazone groups is 1. The van der Waals surface area contributed by atoms with Gasteiger partial charge in [-0.3, -0.25) is 9.59 Å². The van der Waals surface area contributed by atoms with Crippen LogP contribution in [0.25, 0.3) is 0 Å². The van der Waals surface area contributed by atoms with Crippen LogP contribution < -0.4 is 9.47 Å². The first-order valence-electron chi connectivity index (χ1n) is 10.9. The third kappa shape index (κ3) is 4.02. The van der Waals surface area contributed by atoms with Crippen LogP contribution in [0.5, 0.6) is 11.5 Å². The summed E-state index contributed by atoms with van der Waals surface area (Å²) in [7, 11) is 1.45. The monoisotopic (exact) mass is 558 g/mol. The number of rotatable bonds is 7. The van der Waals surface area contributed by atoms with E-state index in [1.807, 2.05) is 12.2 Å². The molecule has 1 N–H and O–H groups in total. The minimum Gasteiger partial charge on any atom is -0.493 e. The molecule has 0 aromatic heterocycles. The molecule has 2 fully saturated rings. The zero-order valence-corrected chi connectivity index (χ0v) is 20.8. The van der Waals surface area contributed by atoms with Crippen molar-refractivity contribution in [2.75, 3.05) is 7.11 Å². The van der Waals surface area contributed by atoms with Crippen molar-refractivity contribution in [2.45, 2.75) is 13.0 Å². The van der Waals surface area contributed by atoms with Crippen LogP contribution >= 0.6 is 27.5 Å². The van der Waals surface area contributed by atoms with Crippen molar-refractivity contribution >= 4 is 51.5 Å². The van der Waals surface area contributed by atoms with Gasteiger partial charge in [0.2, 0.25) is 0 Å². The molecule has 1 saturated carbocycles. The lowest BCUT2D eigenvalue weighted by Gasteiger charge is -2.16. The number of benzene rings is 2. The van der Waals surface area contributed by atoms with E-state index >= 15 is 0 Å². The lowest BCUT2D eigenvalue weighted by molar-refractivity contribution is -0.140. The third-order valence-corrected chi connectivity index (χ3v) is 8.14. The number of ether oxygens (including phenoxy) is 2. The lowest BCUT2D eigenvalue weighted by Crippen LogP contribution is -2.28. The summed E-state index contributed by atoms with van der Waals surface area (Å²) in [5, 5.41) is 14.6. The number of carboxylic acids is 1. The average molecular weight is 560 g/mol. The number of amides is 2. The molecular formula is C25H20BrClN2O6. The lowest BCUT2D eigenvalue weighted by atomic mass is 9.85. The molecule has 0 radical (unpaired) electrons. The van der Waals surface area contributed by atoms with Gasteiger partial charge in [0, 0.05) is 10.0 Å². The number of hydrogen-bond donors (Lipinski definition) is 1. The van der Waals surface area contributed by atoms with E-state index in [9.17, 15) is 19.5 Å². The predicted octanol–water partition coefficient (Wildman–Crippen LogP) is 4.53. The molecule has 8 nitrogen and oxygen atoms in total. The molecule has 35 heavy (non-hydrogen) atoms. The van der Waals surface area contributed by atoms with Crippen molar-refractivity contribution in [3.05, 3.63) is 68.7 Å². The molecule has 4 atom stereocenters. The second-order valence-corrected chi connectivity index (χ2v) is 9.82. The predicted molar refractivity (Wildman–Crippen MR) is 131 cm³/mol. The number of methoxy groups -OCH3 is 1. The summed E-state index contributed by atoms with van der Waals surface area (Å²) in [6.07, 6.45) is 6.31. The molecule has 2 amide bonds. The van der Waals surface area contributed by atoms with E-state index < -0.39 is 5.97 Å². The summed E-state index contributed by atoms with van der Waals surface area (Å²) in [6.45, 7) is 0.0625. The largest absolute Gasteiger partial charge is 0.493 e. The zero-order valence-electron chi connectivity index (χ0n) is 18.5. The fourth-order valence-corrected chi connectivity index (χ4v) is 5.71. The van der Waals surface area contributed by atoms with Gasteiger partial charge in [0.25, 0.3) is 11.8 Å². The van der Waals surface area contributed by atoms with Crippen LogP contribution in [0.4, 0.5) is 0 Å². The first kappa shape index (κ1) is 23.6. The molecular weight excluding hydrogens is 540 g/mol. The maximum atomic E-state index is 12.9. The highest BCUT2D eigenvalue weighted by Gasteiger charge is 2.59. The van der Waals surface area contributed by atoms with E-state index in [0.717, 1.165) is 11.4 Å². The molecule has 3 aliphatic rings. The maximum absolute atomic E-state index is 12.9. The smallest absolute Gasteiger partial charge is 0.335 e. The normalized spacial score (nSPS) is 24.5. The van der Waals surface area contributed by atoms with Crippen molar-refractivity contribution in [3.8, 4) is 11.5 Å². The second kappa shape index (κ2) is 9.13. The number of nitrogens with zero attached hydrogens (tertiary/aromatic N) is 2. The highest BCUT2D eigenvalue weighted by molar-refractivity contribution is 9.10. The Morgan fingerprint density at radius 1 is 1.23 bits per heavy atom. The zero-order chi connectivity index (χ0) is 24.9. The SMILES string of the molecule is COc1cc(C=NN2C(=O)[C@@H]3[C@H](C2=O)[C@H]2C=C[C@H]3C2)c(Br)c(Cl)c1OCc1cccc(C(=O)O)c1. The molecule has 1 saturated heterocycles. The van der Waals surface area contributed by atoms with Gasteiger partial charge in [0.1, 0.15) is 11.6 Å². The Morgan fingerprint density at radius 2 is 1.91 bits per heavy atom. The van der Waals surface area contributed by atoms with Gasteiger partial charge >= 0.3 is 5.97 Å². The standard InChI is InChI=1S/C25H20BrClN2O6/c1-34-17-9-16(10-28-29-23(30)18-13-5-6-14(8-13)19(18)24(29)31)20(26)21(27)22(17)35-11-12-3-2-4-15(7-12)25(32)33/h2-7,9-10,13-14,18-19H,8,11H2,1H3,(H,32,33)/t13-,14-,18-,19+/m0/s1. The van der Waals surface area contributed by atoms with Gasteiger partial charge in [-0.05, 0) is 57.9 Å². The van der Waals surface area contributed by atoms with Gasteiger partial charge in [-0.1, -0.05) is 35.9 Å². The molecule has 2 bridgehead atoms. The van der Waals surface area contributed by atoms with Crippen LogP contribution in [0.2, 0.25) is 5.02 Å². The number of hydrogen-bond acceptors (Lipinski definition) is 6. The number of allylic oxidation sites excluding steroid dienone is 2. The summed E-state index contributed by atoms with van der Waals surface area (Å²) < 4.78 is 11.7. The van der Waals surface area contributed by atoms with Gasteiger partial charge in [-0.2, -0.15) is 10.1 Å². The number of carbonyl (C=O) groups is 3. The maximum Gasteiger partial charge on any atom is 0.335 e. The molecule has 2 aromatic carbocycles. The van der Waals surface area contributed by atoms with Gasteiger partial charge in [0.15, 0.2) is 11.5 Å². The van der Waals surface area contributed by atoms with E-state index in [0.29, 0.717) is 21.3 Å². The van der Waals surface area contributed by atoms with Gasteiger partial charge < -0.3 is 14.6 Å². The van der Waals surface area contributed by atoms with Crippen LogP contribution in [-0.4, -0.2) is 41.2 Å². The van der Waals surface area contributed by atoms with Crippen molar-refractivity contribution in [3.63, 3.8) is 0 Å². The van der Waals surface area contributed by atoms with E-state index in [2.05, 4.69) is 21.0 Å². The highest BCUT2D eigenvalue weighted by Crippen LogP contribution is 2.52. The van der Waals surface area contributed by atoms with Gasteiger partial charge in [-0.15, -0.1) is 0 Å². The van der Waals surface area contributed by atoms with Crippen LogP contribution in [0.15, 0.2) is 52.1 Å². The Kier molecular flexibility index (Phi) is 6.14. The molecule has 10 heteroatoms. The number of imide groups is 1. The van der Waals surface area contributed by atoms with Crippen molar-refractivity contribution in [1.82, 2.24) is 5.01 Å². The molecule has 5 rings (SSSR count). The summed E-state index contributed by atoms with van der Waals surface area (Å²) in [5.74, 6) is -1.45. The highest BCUT2D eigenvalue weighted by atomic mass is 79.9. The van der Waals surface area contributed by atoms with E-state index in [4.69, 9.17) is 21.1 Å². The van der Waals surface area contributed by atoms with E-state index in [1.54, 1.807) is 18.2 Å². The first-order chi connectivity index (χ1) is 16.8. The average Bonchev–Trinajstić information content (AvgIpc) is 3.53. The van der Waals surface area contributed by atoms with Crippen molar-refractivity contribution < 1.29 is 29.0 Å². The molecule has 2 aromatic rings. The number of fused-ring (bicyclic) bond motifs is 5. The Balaban J connectivity index is 1.37. The van der Waals surface area contributed by atoms with Crippen LogP contribution in [0.3, 0.4) is 0 Å². The first-order valence-corrected chi connectivity index (χ1v) is 12.1. The fourth-order valence-electron chi connectivity index (χ4n) is 5.05. The Morgan fingerprint density at radius 3 is 2.54 bits per heavy atom. The quantitative estimate of drug-likeness (QED) is 0.304. The molecule has 2 aliphatic carbocycles. The summed E-state index contributed by atoms with van der Waals surface area (Å²) in [4.78, 5) is 36.9. The minimum atomic E-state index is -1.03. The summed E-state index contributed by atoms with van der Waals surface area (Å²) in [6, 6.07) is 8.01. The minimum absolute atomic E-state index is 0.0625. The van der Waals surface area contributed by atoms with Gasteiger partial charge in [0.05, 0.1) is 30.7 Å². The fraction of sp³-hybridized carbons (Fsp3) is 0.280. The summed E-state index contributed by atoms with van der Waals surface area (Å²) in [5.41, 5.74) is 1.28. The van der Waals surface area contributed by atoms with E-state index in [-0.39, 0.29) is 58.4 Å². The Hall–Kier alpha value is -3.17. The van der Waals surface area contributed by atoms with Crippen LogP contribution in [0, 0.1) is 23.7 Å².